The fourth-order valence-electron chi connectivity index (χ4n) is 0.448. The van der Waals surface area contributed by atoms with Gasteiger partial charge in [0.25, 0.3) is 0 Å². The van der Waals surface area contributed by atoms with Crippen LogP contribution in [0, 0.1) is 0 Å². The number of hydrogen-bond donors (Lipinski definition) is 0. The van der Waals surface area contributed by atoms with Gasteiger partial charge in [0.1, 0.15) is 5.60 Å². The van der Waals surface area contributed by atoms with Crippen LogP contribution in [0.1, 0.15) is 41.0 Å². The van der Waals surface area contributed by atoms with Crippen LogP contribution in [0.15, 0.2) is 5.16 Å². The molecule has 0 fully saturated rings. The molecule has 0 aliphatic heterocycles. The van der Waals surface area contributed by atoms with Gasteiger partial charge in [-0.15, -0.1) is 0 Å². The molecular formula is C9H17NO3. The zero-order valence-electron chi connectivity index (χ0n) is 8.88. The lowest BCUT2D eigenvalue weighted by molar-refractivity contribution is -0.00632. The molecule has 4 nitrogen and oxygen atoms in total. The molecule has 0 saturated carbocycles. The molecule has 0 unspecified atom stereocenters. The summed E-state index contributed by atoms with van der Waals surface area (Å²) in [5.74, 6) is 0. The van der Waals surface area contributed by atoms with E-state index in [1.54, 1.807) is 27.7 Å². The highest BCUT2D eigenvalue weighted by atomic mass is 16.8. The molecule has 0 aromatic heterocycles. The average Bonchev–Trinajstić information content (AvgIpc) is 1.97. The van der Waals surface area contributed by atoms with Crippen molar-refractivity contribution >= 4 is 11.9 Å². The SMILES string of the molecule is CCC(C)=NOC(=O)OC(C)(C)C. The summed E-state index contributed by atoms with van der Waals surface area (Å²) >= 11 is 0. The summed E-state index contributed by atoms with van der Waals surface area (Å²) < 4.78 is 4.86. The van der Waals surface area contributed by atoms with E-state index in [2.05, 4.69) is 9.99 Å². The van der Waals surface area contributed by atoms with Crippen molar-refractivity contribution < 1.29 is 14.4 Å². The normalized spacial score (nSPS) is 12.5. The quantitative estimate of drug-likeness (QED) is 0.289. The predicted octanol–water partition coefficient (Wildman–Crippen LogP) is 2.72. The monoisotopic (exact) mass is 187 g/mol. The maximum Gasteiger partial charge on any atom is 0.535 e. The van der Waals surface area contributed by atoms with E-state index in [9.17, 15) is 4.79 Å². The highest BCUT2D eigenvalue weighted by molar-refractivity contribution is 5.81. The van der Waals surface area contributed by atoms with E-state index in [4.69, 9.17) is 4.74 Å². The number of ether oxygens (including phenoxy) is 1. The zero-order valence-corrected chi connectivity index (χ0v) is 8.88. The highest BCUT2D eigenvalue weighted by Crippen LogP contribution is 2.08. The molecular weight excluding hydrogens is 170 g/mol. The first-order valence-corrected chi connectivity index (χ1v) is 4.28. The number of oxime groups is 1. The van der Waals surface area contributed by atoms with Crippen molar-refractivity contribution in [3.8, 4) is 0 Å². The summed E-state index contributed by atoms with van der Waals surface area (Å²) in [6.07, 6.45) is -0.0108. The van der Waals surface area contributed by atoms with Gasteiger partial charge >= 0.3 is 6.16 Å². The lowest BCUT2D eigenvalue weighted by Gasteiger charge is -2.17. The highest BCUT2D eigenvalue weighted by Gasteiger charge is 2.17. The van der Waals surface area contributed by atoms with E-state index >= 15 is 0 Å². The van der Waals surface area contributed by atoms with Gasteiger partial charge in [0.2, 0.25) is 0 Å². The van der Waals surface area contributed by atoms with Gasteiger partial charge in [-0.2, -0.15) is 0 Å². The van der Waals surface area contributed by atoms with E-state index < -0.39 is 11.8 Å². The van der Waals surface area contributed by atoms with Crippen molar-refractivity contribution in [2.45, 2.75) is 46.6 Å². The Balaban J connectivity index is 3.90. The Morgan fingerprint density at radius 1 is 1.38 bits per heavy atom. The molecule has 0 saturated heterocycles. The fourth-order valence-corrected chi connectivity index (χ4v) is 0.448. The number of nitrogens with zero attached hydrogens (tertiary/aromatic N) is 1. The standard InChI is InChI=1S/C9H17NO3/c1-6-7(2)10-13-8(11)12-9(3,4)5/h6H2,1-5H3. The van der Waals surface area contributed by atoms with Crippen molar-refractivity contribution in [2.75, 3.05) is 0 Å². The van der Waals surface area contributed by atoms with Gasteiger partial charge in [-0.05, 0) is 34.1 Å². The van der Waals surface area contributed by atoms with E-state index in [0.29, 0.717) is 0 Å². The van der Waals surface area contributed by atoms with E-state index in [0.717, 1.165) is 12.1 Å². The minimum atomic E-state index is -0.764. The third kappa shape index (κ3) is 7.31. The van der Waals surface area contributed by atoms with Gasteiger partial charge < -0.3 is 4.74 Å². The summed E-state index contributed by atoms with van der Waals surface area (Å²) in [5.41, 5.74) is 0.220. The molecule has 0 radical (unpaired) electrons. The maximum atomic E-state index is 10.9. The van der Waals surface area contributed by atoms with Crippen LogP contribution in [0.5, 0.6) is 0 Å². The van der Waals surface area contributed by atoms with Crippen molar-refractivity contribution in [1.29, 1.82) is 0 Å². The van der Waals surface area contributed by atoms with E-state index in [-0.39, 0.29) is 0 Å². The molecule has 0 aromatic rings. The Morgan fingerprint density at radius 2 is 1.92 bits per heavy atom. The van der Waals surface area contributed by atoms with Crippen molar-refractivity contribution in [1.82, 2.24) is 0 Å². The second-order valence-corrected chi connectivity index (χ2v) is 3.74. The van der Waals surface area contributed by atoms with Crippen LogP contribution in [-0.2, 0) is 9.57 Å². The van der Waals surface area contributed by atoms with E-state index in [1.807, 2.05) is 6.92 Å². The Morgan fingerprint density at radius 3 is 2.31 bits per heavy atom. The van der Waals surface area contributed by atoms with Crippen LogP contribution >= 0.6 is 0 Å². The summed E-state index contributed by atoms with van der Waals surface area (Å²) in [4.78, 5) is 15.4. The van der Waals surface area contributed by atoms with Gasteiger partial charge in [0, 0.05) is 0 Å². The summed E-state index contributed by atoms with van der Waals surface area (Å²) in [6.45, 7) is 9.02. The lowest BCUT2D eigenvalue weighted by atomic mass is 10.2. The minimum Gasteiger partial charge on any atom is -0.427 e. The molecule has 0 heterocycles. The second-order valence-electron chi connectivity index (χ2n) is 3.74. The van der Waals surface area contributed by atoms with Gasteiger partial charge in [-0.1, -0.05) is 12.1 Å². The van der Waals surface area contributed by atoms with Crippen molar-refractivity contribution in [3.05, 3.63) is 0 Å². The average molecular weight is 187 g/mol. The number of carbonyl (C=O) groups excluding carboxylic acids is 1. The summed E-state index contributed by atoms with van der Waals surface area (Å²) in [5, 5.41) is 3.57. The molecule has 0 rings (SSSR count). The van der Waals surface area contributed by atoms with Crippen LogP contribution in [-0.4, -0.2) is 17.5 Å². The lowest BCUT2D eigenvalue weighted by Crippen LogP contribution is -2.23. The van der Waals surface area contributed by atoms with Crippen LogP contribution in [0.25, 0.3) is 0 Å². The summed E-state index contributed by atoms with van der Waals surface area (Å²) in [7, 11) is 0. The molecule has 0 amide bonds. The van der Waals surface area contributed by atoms with Gasteiger partial charge in [0.15, 0.2) is 0 Å². The topological polar surface area (TPSA) is 47.9 Å². The molecule has 0 spiro atoms. The fraction of sp³-hybridized carbons (Fsp3) is 0.778. The minimum absolute atomic E-state index is 0.535. The molecule has 0 N–H and O–H groups in total. The summed E-state index contributed by atoms with van der Waals surface area (Å²) in [6, 6.07) is 0. The molecule has 0 bridgehead atoms. The number of hydrogen-bond acceptors (Lipinski definition) is 4. The molecule has 0 aliphatic rings. The van der Waals surface area contributed by atoms with Crippen LogP contribution in [0.4, 0.5) is 4.79 Å². The Kier molecular flexibility index (Phi) is 4.45. The van der Waals surface area contributed by atoms with Crippen LogP contribution < -0.4 is 0 Å². The maximum absolute atomic E-state index is 10.9. The van der Waals surface area contributed by atoms with Gasteiger partial charge in [-0.25, -0.2) is 4.79 Å². The first-order chi connectivity index (χ1) is 5.85. The number of rotatable bonds is 2. The molecule has 0 aliphatic carbocycles. The first-order valence-electron chi connectivity index (χ1n) is 4.28. The first kappa shape index (κ1) is 11.9. The van der Waals surface area contributed by atoms with Crippen LogP contribution in [0.2, 0.25) is 0 Å². The van der Waals surface area contributed by atoms with E-state index in [1.165, 1.54) is 0 Å². The number of carbonyl (C=O) groups is 1. The Labute approximate surface area is 78.9 Å². The molecule has 0 aromatic carbocycles. The molecule has 0 atom stereocenters. The Hall–Kier alpha value is -1.06. The third-order valence-electron chi connectivity index (χ3n) is 1.18. The Bertz CT molecular complexity index is 203. The zero-order chi connectivity index (χ0) is 10.5. The third-order valence-corrected chi connectivity index (χ3v) is 1.18. The van der Waals surface area contributed by atoms with Crippen molar-refractivity contribution in [3.63, 3.8) is 0 Å². The van der Waals surface area contributed by atoms with Gasteiger partial charge in [0.05, 0.1) is 5.71 Å². The molecule has 13 heavy (non-hydrogen) atoms. The molecule has 4 heteroatoms. The molecule has 76 valence electrons. The van der Waals surface area contributed by atoms with Crippen LogP contribution in [0.3, 0.4) is 0 Å². The predicted molar refractivity (Wildman–Crippen MR) is 50.7 cm³/mol. The second kappa shape index (κ2) is 4.84. The smallest absolute Gasteiger partial charge is 0.427 e. The largest absolute Gasteiger partial charge is 0.535 e. The van der Waals surface area contributed by atoms with Gasteiger partial charge in [-0.3, -0.25) is 4.84 Å². The van der Waals surface area contributed by atoms with Crippen molar-refractivity contribution in [2.24, 2.45) is 5.16 Å².